The van der Waals surface area contributed by atoms with Gasteiger partial charge < -0.3 is 10.4 Å². The van der Waals surface area contributed by atoms with Crippen LogP contribution in [0.5, 0.6) is 0 Å². The predicted octanol–water partition coefficient (Wildman–Crippen LogP) is 2.67. The lowest BCUT2D eigenvalue weighted by molar-refractivity contribution is -0.147. The number of anilines is 1. The minimum absolute atomic E-state index is 0.149. The first kappa shape index (κ1) is 17.7. The van der Waals surface area contributed by atoms with E-state index in [9.17, 15) is 14.4 Å². The molecule has 0 radical (unpaired) electrons. The Morgan fingerprint density at radius 3 is 2.75 bits per heavy atom. The summed E-state index contributed by atoms with van der Waals surface area (Å²) in [5.41, 5.74) is 3.71. The normalized spacial score (nSPS) is 14.2. The Labute approximate surface area is 160 Å². The number of allylic oxidation sites excluding steroid dienone is 1. The number of carboxylic acids is 1. The van der Waals surface area contributed by atoms with E-state index < -0.39 is 11.9 Å². The lowest BCUT2D eigenvalue weighted by atomic mass is 10.0. The average Bonchev–Trinajstić information content (AvgIpc) is 3.06. The lowest BCUT2D eigenvalue weighted by Gasteiger charge is -2.08. The zero-order chi connectivity index (χ0) is 19.8. The second-order valence-corrected chi connectivity index (χ2v) is 6.66. The molecule has 0 saturated heterocycles. The third kappa shape index (κ3) is 3.07. The predicted molar refractivity (Wildman–Crippen MR) is 106 cm³/mol. The van der Waals surface area contributed by atoms with Gasteiger partial charge >= 0.3 is 11.9 Å². The number of nitrogens with zero attached hydrogens (tertiary/aromatic N) is 2. The number of aliphatic carboxylic acids is 1. The Morgan fingerprint density at radius 1 is 1.21 bits per heavy atom. The number of aromatic nitrogens is 2. The molecule has 1 aliphatic heterocycles. The van der Waals surface area contributed by atoms with Crippen LogP contribution in [0.2, 0.25) is 0 Å². The molecule has 0 bridgehead atoms. The van der Waals surface area contributed by atoms with Gasteiger partial charge in [-0.05, 0) is 54.3 Å². The van der Waals surface area contributed by atoms with Gasteiger partial charge in [-0.15, -0.1) is 0 Å². The van der Waals surface area contributed by atoms with Crippen molar-refractivity contribution < 1.29 is 14.7 Å². The molecular weight excluding hydrogens is 358 g/mol. The number of benzene rings is 2. The Balaban J connectivity index is 1.81. The molecule has 0 aliphatic carbocycles. The van der Waals surface area contributed by atoms with Crippen LogP contribution in [0.15, 0.2) is 47.3 Å². The van der Waals surface area contributed by atoms with Crippen molar-refractivity contribution in [2.45, 2.75) is 19.9 Å². The average molecular weight is 375 g/mol. The van der Waals surface area contributed by atoms with E-state index >= 15 is 0 Å². The Hall–Kier alpha value is -3.74. The highest BCUT2D eigenvalue weighted by molar-refractivity contribution is 6.36. The number of nitrogens with one attached hydrogen (secondary N) is 1. The highest BCUT2D eigenvalue weighted by atomic mass is 16.4. The molecule has 28 heavy (non-hydrogen) atoms. The van der Waals surface area contributed by atoms with Crippen LogP contribution in [-0.2, 0) is 16.1 Å². The topological polar surface area (TPSA) is 101 Å². The molecule has 1 aliphatic rings. The Kier molecular flexibility index (Phi) is 4.27. The van der Waals surface area contributed by atoms with Crippen LogP contribution in [0.4, 0.5) is 5.69 Å². The van der Waals surface area contributed by atoms with Gasteiger partial charge in [0.1, 0.15) is 5.82 Å². The van der Waals surface area contributed by atoms with Crippen molar-refractivity contribution in [2.75, 3.05) is 5.32 Å². The van der Waals surface area contributed by atoms with Crippen molar-refractivity contribution >= 4 is 40.1 Å². The number of carbonyl (C=O) groups is 2. The van der Waals surface area contributed by atoms with Crippen LogP contribution in [0.1, 0.15) is 23.4 Å². The molecule has 0 fully saturated rings. The molecule has 2 N–H and O–H groups in total. The van der Waals surface area contributed by atoms with E-state index in [1.807, 2.05) is 37.3 Å². The van der Waals surface area contributed by atoms with Crippen molar-refractivity contribution in [3.63, 3.8) is 0 Å². The van der Waals surface area contributed by atoms with Crippen molar-refractivity contribution in [3.8, 4) is 0 Å². The van der Waals surface area contributed by atoms with Crippen molar-refractivity contribution in [1.29, 1.82) is 0 Å². The number of aryl methyl sites for hydroxylation is 1. The number of carbonyl (C=O) groups excluding carboxylic acids is 1. The highest BCUT2D eigenvalue weighted by Crippen LogP contribution is 2.28. The van der Waals surface area contributed by atoms with E-state index in [0.29, 0.717) is 29.7 Å². The van der Waals surface area contributed by atoms with Crippen LogP contribution in [-0.4, -0.2) is 26.5 Å². The number of hydrogen-bond donors (Lipinski definition) is 2. The molecule has 2 heterocycles. The zero-order valence-corrected chi connectivity index (χ0v) is 15.1. The van der Waals surface area contributed by atoms with Gasteiger partial charge in [0.05, 0.1) is 10.9 Å². The van der Waals surface area contributed by atoms with Gasteiger partial charge in [0.25, 0.3) is 5.56 Å². The maximum absolute atomic E-state index is 12.8. The first-order chi connectivity index (χ1) is 13.4. The van der Waals surface area contributed by atoms with Gasteiger partial charge in [-0.25, -0.2) is 9.78 Å². The molecule has 1 amide bonds. The van der Waals surface area contributed by atoms with Crippen LogP contribution >= 0.6 is 0 Å². The Bertz CT molecular complexity index is 1220. The minimum atomic E-state index is -1.58. The lowest BCUT2D eigenvalue weighted by Crippen LogP contribution is -2.23. The van der Waals surface area contributed by atoms with E-state index in [1.54, 1.807) is 10.6 Å². The van der Waals surface area contributed by atoms with Crippen molar-refractivity contribution in [2.24, 2.45) is 0 Å². The number of rotatable bonds is 2. The van der Waals surface area contributed by atoms with Crippen LogP contribution in [0.3, 0.4) is 0 Å². The van der Waals surface area contributed by atoms with E-state index in [-0.39, 0.29) is 11.2 Å². The van der Waals surface area contributed by atoms with Crippen molar-refractivity contribution in [1.82, 2.24) is 9.55 Å². The molecule has 0 atom stereocenters. The second-order valence-electron chi connectivity index (χ2n) is 6.66. The fourth-order valence-corrected chi connectivity index (χ4v) is 3.35. The largest absolute Gasteiger partial charge is 0.474 e. The summed E-state index contributed by atoms with van der Waals surface area (Å²) in [4.78, 5) is 39.6. The van der Waals surface area contributed by atoms with E-state index in [4.69, 9.17) is 5.11 Å². The van der Waals surface area contributed by atoms with Gasteiger partial charge in [0, 0.05) is 12.2 Å². The SMILES string of the molecule is Cc1ccccc1/C=C1\CCn2c1nc1cc(NC(=O)C(=O)O)ccc1c2=O. The molecule has 7 heteroatoms. The van der Waals surface area contributed by atoms with E-state index in [1.165, 1.54) is 12.1 Å². The summed E-state index contributed by atoms with van der Waals surface area (Å²) in [6, 6.07) is 12.6. The first-order valence-electron chi connectivity index (χ1n) is 8.79. The second kappa shape index (κ2) is 6.77. The number of carboxylic acid groups (broad SMARTS) is 1. The molecule has 3 aromatic rings. The number of hydrogen-bond acceptors (Lipinski definition) is 4. The molecule has 7 nitrogen and oxygen atoms in total. The van der Waals surface area contributed by atoms with Gasteiger partial charge in [-0.2, -0.15) is 0 Å². The number of amides is 1. The van der Waals surface area contributed by atoms with Crippen molar-refractivity contribution in [3.05, 3.63) is 69.8 Å². The smallest absolute Gasteiger partial charge is 0.394 e. The zero-order valence-electron chi connectivity index (χ0n) is 15.1. The molecule has 2 aromatic carbocycles. The molecule has 1 aromatic heterocycles. The molecule has 140 valence electrons. The summed E-state index contributed by atoms with van der Waals surface area (Å²) in [5, 5.41) is 11.4. The summed E-state index contributed by atoms with van der Waals surface area (Å²) in [6.45, 7) is 2.59. The highest BCUT2D eigenvalue weighted by Gasteiger charge is 2.21. The van der Waals surface area contributed by atoms with Gasteiger partial charge in [0.2, 0.25) is 0 Å². The molecule has 0 unspecified atom stereocenters. The molecule has 0 saturated carbocycles. The Morgan fingerprint density at radius 2 is 2.00 bits per heavy atom. The summed E-state index contributed by atoms with van der Waals surface area (Å²) < 4.78 is 1.65. The fourth-order valence-electron chi connectivity index (χ4n) is 3.35. The minimum Gasteiger partial charge on any atom is -0.474 e. The number of fused-ring (bicyclic) bond motifs is 2. The standard InChI is InChI=1S/C21H17N3O4/c1-12-4-2-3-5-13(12)10-14-8-9-24-18(14)23-17-11-15(22-19(25)21(27)28)6-7-16(17)20(24)26/h2-7,10-11H,8-9H2,1H3,(H,22,25)(H,27,28)/b14-10+. The summed E-state index contributed by atoms with van der Waals surface area (Å²) in [7, 11) is 0. The summed E-state index contributed by atoms with van der Waals surface area (Å²) >= 11 is 0. The molecular formula is C21H17N3O4. The quantitative estimate of drug-likeness (QED) is 0.671. The monoisotopic (exact) mass is 375 g/mol. The van der Waals surface area contributed by atoms with Gasteiger partial charge in [-0.3, -0.25) is 14.2 Å². The van der Waals surface area contributed by atoms with Crippen LogP contribution < -0.4 is 10.9 Å². The maximum Gasteiger partial charge on any atom is 0.394 e. The maximum atomic E-state index is 12.8. The van der Waals surface area contributed by atoms with E-state index in [2.05, 4.69) is 10.3 Å². The van der Waals surface area contributed by atoms with E-state index in [0.717, 1.165) is 16.7 Å². The van der Waals surface area contributed by atoms with Crippen LogP contribution in [0.25, 0.3) is 22.6 Å². The summed E-state index contributed by atoms with van der Waals surface area (Å²) in [5.74, 6) is -2.12. The van der Waals surface area contributed by atoms with Gasteiger partial charge in [0.15, 0.2) is 0 Å². The summed E-state index contributed by atoms with van der Waals surface area (Å²) in [6.07, 6.45) is 2.75. The first-order valence-corrected chi connectivity index (χ1v) is 8.79. The van der Waals surface area contributed by atoms with Gasteiger partial charge in [-0.1, -0.05) is 24.3 Å². The van der Waals surface area contributed by atoms with Crippen LogP contribution in [0, 0.1) is 6.92 Å². The third-order valence-electron chi connectivity index (χ3n) is 4.82. The third-order valence-corrected chi connectivity index (χ3v) is 4.82. The fraction of sp³-hybridized carbons (Fsp3) is 0.143. The molecule has 0 spiro atoms. The molecule has 4 rings (SSSR count).